The maximum absolute atomic E-state index is 12.2. The first kappa shape index (κ1) is 15.8. The van der Waals surface area contributed by atoms with Crippen LogP contribution in [-0.2, 0) is 10.0 Å². The van der Waals surface area contributed by atoms with Gasteiger partial charge < -0.3 is 4.90 Å². The average Bonchev–Trinajstić information content (AvgIpc) is 2.83. The van der Waals surface area contributed by atoms with E-state index in [9.17, 15) is 13.2 Å². The zero-order chi connectivity index (χ0) is 15.5. The summed E-state index contributed by atoms with van der Waals surface area (Å²) in [5, 5.41) is 0. The molecule has 1 aromatic rings. The number of hydrogen-bond donors (Lipinski definition) is 0. The molecule has 116 valence electrons. The largest absolute Gasteiger partial charge is 0.375 e. The van der Waals surface area contributed by atoms with Gasteiger partial charge in [0.15, 0.2) is 0 Å². The lowest BCUT2D eigenvalue weighted by Crippen LogP contribution is -2.32. The summed E-state index contributed by atoms with van der Waals surface area (Å²) in [6.07, 6.45) is 2.77. The second-order valence-corrected chi connectivity index (χ2v) is 7.38. The van der Waals surface area contributed by atoms with Crippen molar-refractivity contribution in [2.24, 2.45) is 0 Å². The van der Waals surface area contributed by atoms with Crippen LogP contribution in [0.4, 0.5) is 5.69 Å². The average molecular weight is 310 g/mol. The van der Waals surface area contributed by atoms with Crippen molar-refractivity contribution in [2.45, 2.75) is 26.2 Å². The van der Waals surface area contributed by atoms with Gasteiger partial charge in [-0.1, -0.05) is 13.3 Å². The molecule has 1 saturated heterocycles. The number of carbonyl (C=O) groups excluding carboxylic acids is 1. The quantitative estimate of drug-likeness (QED) is 0.835. The maximum atomic E-state index is 12.2. The van der Waals surface area contributed by atoms with E-state index in [2.05, 4.69) is 11.8 Å². The fraction of sp³-hybridized carbons (Fsp3) is 0.533. The van der Waals surface area contributed by atoms with Gasteiger partial charge >= 0.3 is 0 Å². The van der Waals surface area contributed by atoms with Crippen molar-refractivity contribution >= 4 is 21.6 Å². The lowest BCUT2D eigenvalue weighted by Gasteiger charge is -2.20. The van der Waals surface area contributed by atoms with Crippen LogP contribution in [0.3, 0.4) is 0 Å². The monoisotopic (exact) mass is 310 g/mol. The Morgan fingerprint density at radius 2 is 1.95 bits per heavy atom. The van der Waals surface area contributed by atoms with Crippen molar-refractivity contribution in [2.75, 3.05) is 30.8 Å². The molecule has 1 aromatic carbocycles. The van der Waals surface area contributed by atoms with Gasteiger partial charge in [-0.15, -0.1) is 0 Å². The molecule has 1 fully saturated rings. The van der Waals surface area contributed by atoms with Crippen LogP contribution in [0.1, 0.15) is 36.5 Å². The van der Waals surface area contributed by atoms with Crippen molar-refractivity contribution in [3.63, 3.8) is 0 Å². The first-order chi connectivity index (χ1) is 9.95. The summed E-state index contributed by atoms with van der Waals surface area (Å²) in [7, 11) is -1.39. The molecule has 0 atom stereocenters. The highest BCUT2D eigenvalue weighted by molar-refractivity contribution is 7.89. The number of nitrogens with zero attached hydrogens (tertiary/aromatic N) is 2. The minimum Gasteiger partial charge on any atom is -0.375 e. The number of amides is 1. The van der Waals surface area contributed by atoms with Crippen molar-refractivity contribution < 1.29 is 13.2 Å². The normalized spacial score (nSPS) is 17.0. The summed E-state index contributed by atoms with van der Waals surface area (Å²) >= 11 is 0. The van der Waals surface area contributed by atoms with Crippen molar-refractivity contribution in [3.8, 4) is 0 Å². The molecule has 1 amide bonds. The Bertz CT molecular complexity index is 596. The Morgan fingerprint density at radius 3 is 2.48 bits per heavy atom. The molecule has 1 heterocycles. The summed E-state index contributed by atoms with van der Waals surface area (Å²) in [5.74, 6) is -0.355. The van der Waals surface area contributed by atoms with Gasteiger partial charge in [0.25, 0.3) is 5.91 Å². The second-order valence-electron chi connectivity index (χ2n) is 5.37. The number of unbranched alkanes of at least 4 members (excludes halogenated alkanes) is 1. The van der Waals surface area contributed by atoms with Gasteiger partial charge in [-0.05, 0) is 37.1 Å². The Balaban J connectivity index is 2.10. The lowest BCUT2D eigenvalue weighted by molar-refractivity contribution is 0.0870. The van der Waals surface area contributed by atoms with Crippen LogP contribution in [0.5, 0.6) is 0 Å². The highest BCUT2D eigenvalue weighted by Crippen LogP contribution is 2.20. The van der Waals surface area contributed by atoms with Crippen LogP contribution in [0, 0.1) is 0 Å². The summed E-state index contributed by atoms with van der Waals surface area (Å²) in [4.78, 5) is 14.4. The molecule has 6 heteroatoms. The Hall–Kier alpha value is -1.56. The number of sulfonamides is 1. The summed E-state index contributed by atoms with van der Waals surface area (Å²) in [5.41, 5.74) is 1.46. The highest BCUT2D eigenvalue weighted by atomic mass is 32.2. The Morgan fingerprint density at radius 1 is 1.29 bits per heavy atom. The van der Waals surface area contributed by atoms with Gasteiger partial charge in [0, 0.05) is 31.4 Å². The second kappa shape index (κ2) is 6.47. The fourth-order valence-corrected chi connectivity index (χ4v) is 3.87. The van der Waals surface area contributed by atoms with Gasteiger partial charge in [-0.3, -0.25) is 4.79 Å². The number of hydrogen-bond acceptors (Lipinski definition) is 4. The van der Waals surface area contributed by atoms with Crippen LogP contribution in [0.15, 0.2) is 24.3 Å². The molecule has 0 bridgehead atoms. The van der Waals surface area contributed by atoms with Crippen molar-refractivity contribution in [1.29, 1.82) is 0 Å². The fourth-order valence-electron chi connectivity index (χ4n) is 2.39. The van der Waals surface area contributed by atoms with Gasteiger partial charge in [0.05, 0.1) is 5.75 Å². The minimum absolute atomic E-state index is 0.0661. The Kier molecular flexibility index (Phi) is 4.88. The summed E-state index contributed by atoms with van der Waals surface area (Å²) in [6.45, 7) is 3.40. The van der Waals surface area contributed by atoms with E-state index in [4.69, 9.17) is 0 Å². The molecule has 21 heavy (non-hydrogen) atoms. The van der Waals surface area contributed by atoms with E-state index in [1.807, 2.05) is 19.2 Å². The number of carbonyl (C=O) groups is 1. The predicted octanol–water partition coefficient (Wildman–Crippen LogP) is 2.10. The van der Waals surface area contributed by atoms with Crippen LogP contribution < -0.4 is 4.90 Å². The molecule has 0 aliphatic carbocycles. The summed E-state index contributed by atoms with van der Waals surface area (Å²) in [6, 6.07) is 7.14. The van der Waals surface area contributed by atoms with Crippen molar-refractivity contribution in [3.05, 3.63) is 29.8 Å². The van der Waals surface area contributed by atoms with Gasteiger partial charge in [0.2, 0.25) is 10.0 Å². The molecule has 1 aliphatic heterocycles. The molecule has 0 aromatic heterocycles. The van der Waals surface area contributed by atoms with E-state index in [0.29, 0.717) is 18.5 Å². The number of rotatable bonds is 5. The topological polar surface area (TPSA) is 57.7 Å². The standard InChI is InChI=1S/C15H22N2O3S/c1-3-4-10-16(2)14-8-6-13(7-9-14)15(18)17-11-5-12-21(17,19)20/h6-9H,3-5,10-12H2,1-2H3. The van der Waals surface area contributed by atoms with E-state index in [0.717, 1.165) is 29.4 Å². The molecule has 0 spiro atoms. The molecule has 0 N–H and O–H groups in total. The SMILES string of the molecule is CCCCN(C)c1ccc(C(=O)N2CCCS2(=O)=O)cc1. The molecular weight excluding hydrogens is 288 g/mol. The molecule has 5 nitrogen and oxygen atoms in total. The third-order valence-electron chi connectivity index (χ3n) is 3.73. The summed E-state index contributed by atoms with van der Waals surface area (Å²) < 4.78 is 24.5. The molecule has 2 rings (SSSR count). The van der Waals surface area contributed by atoms with E-state index < -0.39 is 15.9 Å². The lowest BCUT2D eigenvalue weighted by atomic mass is 10.1. The van der Waals surface area contributed by atoms with Crippen LogP contribution in [-0.4, -0.2) is 44.5 Å². The maximum Gasteiger partial charge on any atom is 0.267 e. The zero-order valence-electron chi connectivity index (χ0n) is 12.6. The molecule has 0 unspecified atom stereocenters. The van der Waals surface area contributed by atoms with E-state index >= 15 is 0 Å². The van der Waals surface area contributed by atoms with Gasteiger partial charge in [-0.2, -0.15) is 0 Å². The van der Waals surface area contributed by atoms with Crippen LogP contribution >= 0.6 is 0 Å². The van der Waals surface area contributed by atoms with Crippen LogP contribution in [0.2, 0.25) is 0 Å². The van der Waals surface area contributed by atoms with Crippen molar-refractivity contribution in [1.82, 2.24) is 4.31 Å². The third kappa shape index (κ3) is 3.56. The number of benzene rings is 1. The molecule has 0 saturated carbocycles. The van der Waals surface area contributed by atoms with E-state index in [1.165, 1.54) is 0 Å². The molecule has 0 radical (unpaired) electrons. The number of anilines is 1. The predicted molar refractivity (Wildman–Crippen MR) is 84.1 cm³/mol. The minimum atomic E-state index is -3.40. The van der Waals surface area contributed by atoms with E-state index in [-0.39, 0.29) is 5.75 Å². The molecule has 1 aliphatic rings. The smallest absolute Gasteiger partial charge is 0.267 e. The molecular formula is C15H22N2O3S. The first-order valence-corrected chi connectivity index (χ1v) is 8.92. The van der Waals surface area contributed by atoms with Gasteiger partial charge in [0.1, 0.15) is 0 Å². The first-order valence-electron chi connectivity index (χ1n) is 7.31. The van der Waals surface area contributed by atoms with Crippen LogP contribution in [0.25, 0.3) is 0 Å². The third-order valence-corrected chi connectivity index (χ3v) is 5.55. The van der Waals surface area contributed by atoms with Gasteiger partial charge in [-0.25, -0.2) is 12.7 Å². The highest BCUT2D eigenvalue weighted by Gasteiger charge is 2.33. The zero-order valence-corrected chi connectivity index (χ0v) is 13.4. The van der Waals surface area contributed by atoms with E-state index in [1.54, 1.807) is 12.1 Å². The Labute approximate surface area is 126 Å².